The van der Waals surface area contributed by atoms with Crippen LogP contribution < -0.4 is 20.1 Å². The Hall–Kier alpha value is -1.86. The van der Waals surface area contributed by atoms with E-state index in [1.54, 1.807) is 32.2 Å². The number of rotatable bonds is 8. The molecule has 0 fully saturated rings. The number of methoxy groups -OCH3 is 2. The van der Waals surface area contributed by atoms with Crippen LogP contribution in [0, 0.1) is 0 Å². The Morgan fingerprint density at radius 3 is 2.83 bits per heavy atom. The van der Waals surface area contributed by atoms with Gasteiger partial charge in [-0.15, -0.1) is 0 Å². The number of ether oxygens (including phenoxy) is 2. The predicted octanol–water partition coefficient (Wildman–Crippen LogP) is 3.52. The van der Waals surface area contributed by atoms with Crippen LogP contribution in [0.4, 0.5) is 5.69 Å². The zero-order chi connectivity index (χ0) is 16.5. The van der Waals surface area contributed by atoms with Crippen molar-refractivity contribution >= 4 is 34.8 Å². The van der Waals surface area contributed by atoms with Crippen molar-refractivity contribution in [1.82, 2.24) is 5.32 Å². The van der Waals surface area contributed by atoms with Crippen LogP contribution in [0.3, 0.4) is 0 Å². The zero-order valence-electron chi connectivity index (χ0n) is 13.1. The summed E-state index contributed by atoms with van der Waals surface area (Å²) in [7, 11) is 3.23. The van der Waals surface area contributed by atoms with E-state index in [4.69, 9.17) is 26.1 Å². The lowest BCUT2D eigenvalue weighted by molar-refractivity contribution is 0.395. The van der Waals surface area contributed by atoms with E-state index in [0.717, 1.165) is 35.2 Å². The van der Waals surface area contributed by atoms with Crippen LogP contribution in [-0.2, 0) is 5.75 Å². The molecule has 1 aromatic carbocycles. The van der Waals surface area contributed by atoms with Gasteiger partial charge in [0, 0.05) is 18.4 Å². The molecule has 1 aromatic heterocycles. The summed E-state index contributed by atoms with van der Waals surface area (Å²) in [4.78, 5) is 0. The highest BCUT2D eigenvalue weighted by Crippen LogP contribution is 2.28. The molecule has 23 heavy (non-hydrogen) atoms. The fraction of sp³-hybridized carbons (Fsp3) is 0.312. The first-order chi connectivity index (χ1) is 11.2. The number of furan rings is 1. The normalized spacial score (nSPS) is 10.2. The smallest absolute Gasteiger partial charge is 0.170 e. The summed E-state index contributed by atoms with van der Waals surface area (Å²) in [5, 5.41) is 6.86. The molecule has 7 heteroatoms. The minimum atomic E-state index is 0.562. The molecule has 2 rings (SSSR count). The number of hydrogen-bond donors (Lipinski definition) is 2. The molecule has 2 aromatic rings. The van der Waals surface area contributed by atoms with Crippen LogP contribution in [0.1, 0.15) is 5.76 Å². The van der Waals surface area contributed by atoms with Crippen molar-refractivity contribution in [3.8, 4) is 11.5 Å². The van der Waals surface area contributed by atoms with Gasteiger partial charge in [-0.1, -0.05) is 0 Å². The Labute approximate surface area is 145 Å². The molecule has 0 atom stereocenters. The molecular weight excluding hydrogens is 332 g/mol. The standard InChI is InChI=1S/C16H20N2O3S2/c1-19-12-5-6-14(15(10-12)20-2)18-16(22)17-7-9-23-11-13-4-3-8-21-13/h3-6,8,10H,7,9,11H2,1-2H3,(H2,17,18,22). The lowest BCUT2D eigenvalue weighted by Crippen LogP contribution is -2.30. The summed E-state index contributed by atoms with van der Waals surface area (Å²) in [5.41, 5.74) is 0.800. The van der Waals surface area contributed by atoms with Crippen molar-refractivity contribution in [2.45, 2.75) is 5.75 Å². The number of hydrogen-bond acceptors (Lipinski definition) is 5. The quantitative estimate of drug-likeness (QED) is 0.557. The van der Waals surface area contributed by atoms with Crippen molar-refractivity contribution < 1.29 is 13.9 Å². The number of thiocarbonyl (C=S) groups is 1. The maximum atomic E-state index is 5.33. The molecule has 0 saturated carbocycles. The zero-order valence-corrected chi connectivity index (χ0v) is 14.8. The topological polar surface area (TPSA) is 55.7 Å². The molecule has 0 amide bonds. The number of anilines is 1. The van der Waals surface area contributed by atoms with Gasteiger partial charge < -0.3 is 24.5 Å². The molecular formula is C16H20N2O3S2. The Morgan fingerprint density at radius 2 is 2.13 bits per heavy atom. The summed E-state index contributed by atoms with van der Waals surface area (Å²) in [5.74, 6) is 4.20. The van der Waals surface area contributed by atoms with Gasteiger partial charge >= 0.3 is 0 Å². The van der Waals surface area contributed by atoms with Gasteiger partial charge in [-0.3, -0.25) is 0 Å². The Balaban J connectivity index is 1.72. The molecule has 1 heterocycles. The van der Waals surface area contributed by atoms with Gasteiger partial charge in [-0.05, 0) is 36.5 Å². The van der Waals surface area contributed by atoms with Gasteiger partial charge in [0.2, 0.25) is 0 Å². The number of benzene rings is 1. The van der Waals surface area contributed by atoms with E-state index in [-0.39, 0.29) is 0 Å². The first kappa shape index (κ1) is 17.5. The fourth-order valence-corrected chi connectivity index (χ4v) is 2.84. The van der Waals surface area contributed by atoms with E-state index >= 15 is 0 Å². The maximum Gasteiger partial charge on any atom is 0.170 e. The Morgan fingerprint density at radius 1 is 1.26 bits per heavy atom. The van der Waals surface area contributed by atoms with Crippen LogP contribution in [-0.4, -0.2) is 31.6 Å². The Bertz CT molecular complexity index is 618. The van der Waals surface area contributed by atoms with Crippen LogP contribution in [0.2, 0.25) is 0 Å². The SMILES string of the molecule is COc1ccc(NC(=S)NCCSCc2ccco2)c(OC)c1. The molecule has 2 N–H and O–H groups in total. The van der Waals surface area contributed by atoms with Gasteiger partial charge in [-0.25, -0.2) is 0 Å². The van der Waals surface area contributed by atoms with E-state index in [0.29, 0.717) is 10.9 Å². The minimum absolute atomic E-state index is 0.562. The van der Waals surface area contributed by atoms with E-state index < -0.39 is 0 Å². The summed E-state index contributed by atoms with van der Waals surface area (Å²) < 4.78 is 15.8. The first-order valence-electron chi connectivity index (χ1n) is 7.10. The molecule has 0 aliphatic carbocycles. The van der Waals surface area contributed by atoms with Crippen molar-refractivity contribution in [3.05, 3.63) is 42.4 Å². The average molecular weight is 352 g/mol. The van der Waals surface area contributed by atoms with Gasteiger partial charge in [0.25, 0.3) is 0 Å². The molecule has 5 nitrogen and oxygen atoms in total. The average Bonchev–Trinajstić information content (AvgIpc) is 3.08. The second-order valence-electron chi connectivity index (χ2n) is 4.58. The van der Waals surface area contributed by atoms with Crippen molar-refractivity contribution in [2.24, 2.45) is 0 Å². The molecule has 0 aliphatic heterocycles. The monoisotopic (exact) mass is 352 g/mol. The molecule has 0 aliphatic rings. The molecule has 0 unspecified atom stereocenters. The molecule has 0 spiro atoms. The van der Waals surface area contributed by atoms with Gasteiger partial charge in [-0.2, -0.15) is 11.8 Å². The molecule has 0 bridgehead atoms. The third kappa shape index (κ3) is 5.69. The molecule has 124 valence electrons. The highest BCUT2D eigenvalue weighted by Gasteiger charge is 2.06. The Kier molecular flexibility index (Phi) is 7.09. The summed E-state index contributed by atoms with van der Waals surface area (Å²) in [6.45, 7) is 0.773. The van der Waals surface area contributed by atoms with E-state index in [2.05, 4.69) is 10.6 Å². The summed E-state index contributed by atoms with van der Waals surface area (Å²) in [6, 6.07) is 9.41. The van der Waals surface area contributed by atoms with Crippen LogP contribution >= 0.6 is 24.0 Å². The van der Waals surface area contributed by atoms with E-state index in [9.17, 15) is 0 Å². The van der Waals surface area contributed by atoms with E-state index in [1.807, 2.05) is 30.3 Å². The second kappa shape index (κ2) is 9.32. The first-order valence-corrected chi connectivity index (χ1v) is 8.66. The van der Waals surface area contributed by atoms with Crippen LogP contribution in [0.25, 0.3) is 0 Å². The number of nitrogens with one attached hydrogen (secondary N) is 2. The second-order valence-corrected chi connectivity index (χ2v) is 6.09. The predicted molar refractivity (Wildman–Crippen MR) is 98.6 cm³/mol. The number of thioether (sulfide) groups is 1. The van der Waals surface area contributed by atoms with Gasteiger partial charge in [0.05, 0.1) is 31.9 Å². The van der Waals surface area contributed by atoms with Crippen molar-refractivity contribution in [3.63, 3.8) is 0 Å². The third-order valence-corrected chi connectivity index (χ3v) is 4.24. The largest absolute Gasteiger partial charge is 0.497 e. The van der Waals surface area contributed by atoms with Gasteiger partial charge in [0.15, 0.2) is 5.11 Å². The fourth-order valence-electron chi connectivity index (χ4n) is 1.87. The third-order valence-electron chi connectivity index (χ3n) is 3.01. The van der Waals surface area contributed by atoms with Crippen molar-refractivity contribution in [2.75, 3.05) is 31.8 Å². The van der Waals surface area contributed by atoms with Crippen LogP contribution in [0.5, 0.6) is 11.5 Å². The lowest BCUT2D eigenvalue weighted by atomic mass is 10.2. The summed E-state index contributed by atoms with van der Waals surface area (Å²) >= 11 is 7.08. The van der Waals surface area contributed by atoms with Crippen LogP contribution in [0.15, 0.2) is 41.0 Å². The molecule has 0 saturated heterocycles. The highest BCUT2D eigenvalue weighted by molar-refractivity contribution is 7.98. The van der Waals surface area contributed by atoms with Crippen molar-refractivity contribution in [1.29, 1.82) is 0 Å². The minimum Gasteiger partial charge on any atom is -0.497 e. The highest BCUT2D eigenvalue weighted by atomic mass is 32.2. The van der Waals surface area contributed by atoms with Gasteiger partial charge in [0.1, 0.15) is 17.3 Å². The molecule has 0 radical (unpaired) electrons. The van der Waals surface area contributed by atoms with E-state index in [1.165, 1.54) is 0 Å². The lowest BCUT2D eigenvalue weighted by Gasteiger charge is -2.14. The summed E-state index contributed by atoms with van der Waals surface area (Å²) in [6.07, 6.45) is 1.69. The maximum absolute atomic E-state index is 5.33.